The topological polar surface area (TPSA) is 59.3 Å². The minimum absolute atomic E-state index is 0.000794. The molecule has 0 radical (unpaired) electrons. The van der Waals surface area contributed by atoms with Crippen molar-refractivity contribution in [3.05, 3.63) is 78.2 Å². The third kappa shape index (κ3) is 3.94. The number of carbonyl (C=O) groups excluding carboxylic acids is 1. The number of halogens is 1. The minimum atomic E-state index is -0.320. The van der Waals surface area contributed by atoms with E-state index in [-0.39, 0.29) is 17.8 Å². The van der Waals surface area contributed by atoms with Gasteiger partial charge in [-0.15, -0.1) is 0 Å². The van der Waals surface area contributed by atoms with Gasteiger partial charge in [0.1, 0.15) is 11.5 Å². The Hall–Kier alpha value is -3.54. The highest BCUT2D eigenvalue weighted by Gasteiger charge is 2.19. The van der Waals surface area contributed by atoms with Gasteiger partial charge in [-0.25, -0.2) is 13.9 Å². The molecule has 0 unspecified atom stereocenters. The maximum absolute atomic E-state index is 13.4. The van der Waals surface area contributed by atoms with Crippen LogP contribution in [0.15, 0.2) is 66.7 Å². The Labute approximate surface area is 174 Å². The number of fused-ring (bicyclic) bond motifs is 1. The van der Waals surface area contributed by atoms with Crippen molar-refractivity contribution in [2.24, 2.45) is 5.92 Å². The highest BCUT2D eigenvalue weighted by molar-refractivity contribution is 5.94. The van der Waals surface area contributed by atoms with Gasteiger partial charge < -0.3 is 5.32 Å². The molecule has 5 nitrogen and oxygen atoms in total. The molecular weight excluding hydrogens is 379 g/mol. The van der Waals surface area contributed by atoms with Crippen molar-refractivity contribution in [3.8, 4) is 22.5 Å². The fourth-order valence-corrected chi connectivity index (χ4v) is 3.10. The first-order valence-corrected chi connectivity index (χ1v) is 9.95. The van der Waals surface area contributed by atoms with Gasteiger partial charge in [0.15, 0.2) is 5.65 Å². The second-order valence-electron chi connectivity index (χ2n) is 7.71. The van der Waals surface area contributed by atoms with Crippen LogP contribution < -0.4 is 5.32 Å². The molecule has 0 fully saturated rings. The van der Waals surface area contributed by atoms with Crippen molar-refractivity contribution in [1.29, 1.82) is 0 Å². The van der Waals surface area contributed by atoms with E-state index in [0.717, 1.165) is 16.8 Å². The van der Waals surface area contributed by atoms with E-state index in [0.29, 0.717) is 23.0 Å². The van der Waals surface area contributed by atoms with Crippen LogP contribution in [0, 0.1) is 11.7 Å². The third-order valence-corrected chi connectivity index (χ3v) is 5.23. The van der Waals surface area contributed by atoms with Gasteiger partial charge in [-0.2, -0.15) is 5.10 Å². The number of hydrogen-bond donors (Lipinski definition) is 1. The molecule has 0 aliphatic heterocycles. The molecule has 2 aromatic carbocycles. The molecule has 2 aromatic heterocycles. The molecule has 0 saturated heterocycles. The summed E-state index contributed by atoms with van der Waals surface area (Å²) in [4.78, 5) is 17.8. The van der Waals surface area contributed by atoms with Crippen LogP contribution in [0.1, 0.15) is 31.3 Å². The first kappa shape index (κ1) is 19.8. The normalized spacial score (nSPS) is 12.3. The summed E-state index contributed by atoms with van der Waals surface area (Å²) in [6.45, 7) is 6.08. The molecule has 1 amide bonds. The van der Waals surface area contributed by atoms with Crippen LogP contribution in [0.5, 0.6) is 0 Å². The van der Waals surface area contributed by atoms with Gasteiger partial charge >= 0.3 is 0 Å². The molecule has 2 heterocycles. The predicted octanol–water partition coefficient (Wildman–Crippen LogP) is 4.98. The summed E-state index contributed by atoms with van der Waals surface area (Å²) in [6, 6.07) is 19.4. The van der Waals surface area contributed by atoms with E-state index in [9.17, 15) is 9.18 Å². The molecule has 1 N–H and O–H groups in total. The zero-order valence-corrected chi connectivity index (χ0v) is 17.1. The molecule has 4 aromatic rings. The number of hydrogen-bond acceptors (Lipinski definition) is 3. The van der Waals surface area contributed by atoms with Gasteiger partial charge in [0, 0.05) is 23.2 Å². The van der Waals surface area contributed by atoms with Gasteiger partial charge in [0.25, 0.3) is 5.91 Å². The SMILES string of the molecule is CC(C)[C@@H](C)NC(=O)c1cc(-c2ccc(F)cc2)nc2cc(-c3ccccc3)nn12. The van der Waals surface area contributed by atoms with Gasteiger partial charge in [0.2, 0.25) is 0 Å². The number of nitrogens with one attached hydrogen (secondary N) is 1. The molecular formula is C24H23FN4O. The highest BCUT2D eigenvalue weighted by atomic mass is 19.1. The predicted molar refractivity (Wildman–Crippen MR) is 116 cm³/mol. The summed E-state index contributed by atoms with van der Waals surface area (Å²) in [5.41, 5.74) is 3.92. The van der Waals surface area contributed by atoms with E-state index in [1.807, 2.05) is 43.3 Å². The van der Waals surface area contributed by atoms with Crippen LogP contribution in [0.25, 0.3) is 28.2 Å². The fourth-order valence-electron chi connectivity index (χ4n) is 3.10. The molecule has 30 heavy (non-hydrogen) atoms. The van der Waals surface area contributed by atoms with E-state index in [1.165, 1.54) is 12.1 Å². The standard InChI is InChI=1S/C24H23FN4O/c1-15(2)16(3)26-24(30)22-13-20(18-9-11-19(25)12-10-18)27-23-14-21(28-29(22)23)17-7-5-4-6-8-17/h4-16H,1-3H3,(H,26,30)/t16-/m1/s1. The largest absolute Gasteiger partial charge is 0.348 e. The zero-order valence-electron chi connectivity index (χ0n) is 17.1. The second-order valence-corrected chi connectivity index (χ2v) is 7.71. The number of benzene rings is 2. The average Bonchev–Trinajstić information content (AvgIpc) is 3.18. The van der Waals surface area contributed by atoms with E-state index >= 15 is 0 Å². The zero-order chi connectivity index (χ0) is 21.3. The Morgan fingerprint density at radius 1 is 0.933 bits per heavy atom. The van der Waals surface area contributed by atoms with Gasteiger partial charge in [-0.1, -0.05) is 44.2 Å². The van der Waals surface area contributed by atoms with Crippen molar-refractivity contribution >= 4 is 11.6 Å². The number of amides is 1. The lowest BCUT2D eigenvalue weighted by Crippen LogP contribution is -2.37. The maximum atomic E-state index is 13.4. The van der Waals surface area contributed by atoms with Crippen molar-refractivity contribution in [2.45, 2.75) is 26.8 Å². The molecule has 0 bridgehead atoms. The lowest BCUT2D eigenvalue weighted by Gasteiger charge is -2.18. The van der Waals surface area contributed by atoms with E-state index in [2.05, 4.69) is 29.2 Å². The summed E-state index contributed by atoms with van der Waals surface area (Å²) in [7, 11) is 0. The Kier molecular flexibility index (Phi) is 5.31. The Bertz CT molecular complexity index is 1180. The third-order valence-electron chi connectivity index (χ3n) is 5.23. The molecule has 0 saturated carbocycles. The summed E-state index contributed by atoms with van der Waals surface area (Å²) in [6.07, 6.45) is 0. The first-order valence-electron chi connectivity index (χ1n) is 9.95. The van der Waals surface area contributed by atoms with Gasteiger partial charge in [-0.3, -0.25) is 4.79 Å². The Balaban J connectivity index is 1.86. The molecule has 0 aliphatic carbocycles. The van der Waals surface area contributed by atoms with E-state index in [1.54, 1.807) is 22.7 Å². The van der Waals surface area contributed by atoms with E-state index < -0.39 is 0 Å². The lowest BCUT2D eigenvalue weighted by molar-refractivity contribution is 0.0923. The highest BCUT2D eigenvalue weighted by Crippen LogP contribution is 2.24. The first-order chi connectivity index (χ1) is 14.4. The van der Waals surface area contributed by atoms with Crippen LogP contribution in [-0.4, -0.2) is 26.5 Å². The fraction of sp³-hybridized carbons (Fsp3) is 0.208. The monoisotopic (exact) mass is 402 g/mol. The quantitative estimate of drug-likeness (QED) is 0.512. The molecule has 0 spiro atoms. The van der Waals surface area contributed by atoms with Crippen LogP contribution in [0.4, 0.5) is 4.39 Å². The van der Waals surface area contributed by atoms with Crippen molar-refractivity contribution in [1.82, 2.24) is 19.9 Å². The van der Waals surface area contributed by atoms with Crippen LogP contribution in [0.2, 0.25) is 0 Å². The summed E-state index contributed by atoms with van der Waals surface area (Å²) in [5, 5.41) is 7.68. The molecule has 0 aliphatic rings. The van der Waals surface area contributed by atoms with Crippen molar-refractivity contribution in [2.75, 3.05) is 0 Å². The number of rotatable bonds is 5. The van der Waals surface area contributed by atoms with Gasteiger partial charge in [-0.05, 0) is 43.2 Å². The Morgan fingerprint density at radius 3 is 2.27 bits per heavy atom. The molecule has 1 atom stereocenters. The Morgan fingerprint density at radius 2 is 1.60 bits per heavy atom. The summed E-state index contributed by atoms with van der Waals surface area (Å²) in [5.74, 6) is -0.255. The second kappa shape index (κ2) is 8.06. The molecule has 152 valence electrons. The van der Waals surface area contributed by atoms with E-state index in [4.69, 9.17) is 0 Å². The summed E-state index contributed by atoms with van der Waals surface area (Å²) < 4.78 is 14.9. The minimum Gasteiger partial charge on any atom is -0.348 e. The van der Waals surface area contributed by atoms with Gasteiger partial charge in [0.05, 0.1) is 11.4 Å². The van der Waals surface area contributed by atoms with Crippen molar-refractivity contribution < 1.29 is 9.18 Å². The van der Waals surface area contributed by atoms with Crippen LogP contribution >= 0.6 is 0 Å². The molecule has 6 heteroatoms. The lowest BCUT2D eigenvalue weighted by atomic mass is 10.1. The van der Waals surface area contributed by atoms with Crippen LogP contribution in [-0.2, 0) is 0 Å². The van der Waals surface area contributed by atoms with Crippen molar-refractivity contribution in [3.63, 3.8) is 0 Å². The number of nitrogens with zero attached hydrogens (tertiary/aromatic N) is 3. The van der Waals surface area contributed by atoms with Crippen LogP contribution in [0.3, 0.4) is 0 Å². The summed E-state index contributed by atoms with van der Waals surface area (Å²) >= 11 is 0. The maximum Gasteiger partial charge on any atom is 0.270 e. The smallest absolute Gasteiger partial charge is 0.270 e. The average molecular weight is 402 g/mol. The number of aromatic nitrogens is 3. The number of carbonyl (C=O) groups is 1. The molecule has 4 rings (SSSR count).